The number of imidazole rings is 1. The highest BCUT2D eigenvalue weighted by Gasteiger charge is 2.08. The Labute approximate surface area is 133 Å². The summed E-state index contributed by atoms with van der Waals surface area (Å²) in [5.41, 5.74) is 7.55. The highest BCUT2D eigenvalue weighted by molar-refractivity contribution is 5.63. The molecule has 0 saturated carbocycles. The van der Waals surface area contributed by atoms with Crippen LogP contribution >= 0.6 is 0 Å². The number of H-pyrrole nitrogens is 1. The highest BCUT2D eigenvalue weighted by atomic mass is 16.5. The molecule has 0 aliphatic rings. The summed E-state index contributed by atoms with van der Waals surface area (Å²) >= 11 is 0. The first-order valence-electron chi connectivity index (χ1n) is 7.69. The van der Waals surface area contributed by atoms with Crippen LogP contribution in [0.5, 0.6) is 5.75 Å². The zero-order chi connectivity index (χ0) is 16.2. The predicted molar refractivity (Wildman–Crippen MR) is 89.8 cm³/mol. The summed E-state index contributed by atoms with van der Waals surface area (Å²) in [6.45, 7) is 3.26. The van der Waals surface area contributed by atoms with Gasteiger partial charge in [-0.2, -0.15) is 4.98 Å². The first-order chi connectivity index (χ1) is 11.2. The van der Waals surface area contributed by atoms with Gasteiger partial charge in [-0.3, -0.25) is 9.20 Å². The van der Waals surface area contributed by atoms with E-state index in [1.165, 1.54) is 0 Å². The van der Waals surface area contributed by atoms with E-state index in [9.17, 15) is 4.79 Å². The van der Waals surface area contributed by atoms with Gasteiger partial charge in [-0.25, -0.2) is 0 Å². The molecule has 0 unspecified atom stereocenters. The van der Waals surface area contributed by atoms with Gasteiger partial charge in [-0.15, -0.1) is 0 Å². The summed E-state index contributed by atoms with van der Waals surface area (Å²) in [7, 11) is 0. The van der Waals surface area contributed by atoms with Crippen LogP contribution in [0.25, 0.3) is 16.9 Å². The summed E-state index contributed by atoms with van der Waals surface area (Å²) in [5, 5.41) is 0. The van der Waals surface area contributed by atoms with Crippen LogP contribution in [0, 0.1) is 6.92 Å². The Morgan fingerprint density at radius 3 is 2.74 bits per heavy atom. The Balaban J connectivity index is 1.81. The Morgan fingerprint density at radius 2 is 2.00 bits per heavy atom. The van der Waals surface area contributed by atoms with Gasteiger partial charge < -0.3 is 15.5 Å². The smallest absolute Gasteiger partial charge is 0.282 e. The number of rotatable bonds is 6. The maximum atomic E-state index is 12.2. The molecule has 0 bridgehead atoms. The summed E-state index contributed by atoms with van der Waals surface area (Å²) in [4.78, 5) is 19.3. The third-order valence-corrected chi connectivity index (χ3v) is 3.62. The lowest BCUT2D eigenvalue weighted by Crippen LogP contribution is -2.11. The van der Waals surface area contributed by atoms with E-state index in [-0.39, 0.29) is 5.56 Å². The van der Waals surface area contributed by atoms with Crippen LogP contribution in [0.15, 0.2) is 41.5 Å². The molecule has 6 heteroatoms. The van der Waals surface area contributed by atoms with Crippen molar-refractivity contribution in [3.8, 4) is 16.9 Å². The van der Waals surface area contributed by atoms with Crippen molar-refractivity contribution >= 4 is 5.78 Å². The Kier molecular flexibility index (Phi) is 4.43. The molecular formula is C17H20N4O2. The number of benzene rings is 1. The van der Waals surface area contributed by atoms with Crippen LogP contribution in [0.4, 0.5) is 0 Å². The van der Waals surface area contributed by atoms with E-state index in [4.69, 9.17) is 10.5 Å². The second kappa shape index (κ2) is 6.66. The van der Waals surface area contributed by atoms with Gasteiger partial charge >= 0.3 is 0 Å². The largest absolute Gasteiger partial charge is 0.494 e. The standard InChI is InChI=1S/C17H20N4O2/c1-12-10-21-11-15(16(22)20-17(21)19-12)13-4-6-14(7-5-13)23-9-3-2-8-18/h4-7,10-11H,2-3,8-9,18H2,1H3,(H,19,20,22). The van der Waals surface area contributed by atoms with Gasteiger partial charge in [0.2, 0.25) is 5.78 Å². The van der Waals surface area contributed by atoms with Crippen molar-refractivity contribution in [2.45, 2.75) is 19.8 Å². The van der Waals surface area contributed by atoms with E-state index < -0.39 is 0 Å². The normalized spacial score (nSPS) is 11.0. The van der Waals surface area contributed by atoms with Crippen LogP contribution in [0.3, 0.4) is 0 Å². The minimum Gasteiger partial charge on any atom is -0.494 e. The van der Waals surface area contributed by atoms with Crippen molar-refractivity contribution in [3.63, 3.8) is 0 Å². The van der Waals surface area contributed by atoms with E-state index in [2.05, 4.69) is 9.97 Å². The zero-order valence-corrected chi connectivity index (χ0v) is 13.1. The highest BCUT2D eigenvalue weighted by Crippen LogP contribution is 2.20. The van der Waals surface area contributed by atoms with Gasteiger partial charge in [0, 0.05) is 18.1 Å². The number of aromatic amines is 1. The van der Waals surface area contributed by atoms with Crippen molar-refractivity contribution in [1.82, 2.24) is 14.4 Å². The Bertz CT molecular complexity index is 849. The first-order valence-corrected chi connectivity index (χ1v) is 7.69. The average Bonchev–Trinajstić information content (AvgIpc) is 2.90. The van der Waals surface area contributed by atoms with Gasteiger partial charge in [0.25, 0.3) is 5.56 Å². The van der Waals surface area contributed by atoms with Crippen molar-refractivity contribution in [1.29, 1.82) is 0 Å². The van der Waals surface area contributed by atoms with E-state index in [0.29, 0.717) is 24.5 Å². The van der Waals surface area contributed by atoms with Crippen LogP contribution in [-0.2, 0) is 0 Å². The van der Waals surface area contributed by atoms with E-state index in [1.807, 2.05) is 41.8 Å². The van der Waals surface area contributed by atoms with Gasteiger partial charge in [0.1, 0.15) is 5.75 Å². The molecule has 120 valence electrons. The molecule has 3 aromatic rings. The molecule has 3 rings (SSSR count). The van der Waals surface area contributed by atoms with E-state index >= 15 is 0 Å². The number of nitrogens with one attached hydrogen (secondary N) is 1. The first kappa shape index (κ1) is 15.3. The number of nitrogens with zero attached hydrogens (tertiary/aromatic N) is 2. The molecule has 0 aliphatic heterocycles. The van der Waals surface area contributed by atoms with Gasteiger partial charge in [-0.1, -0.05) is 12.1 Å². The van der Waals surface area contributed by atoms with Crippen molar-refractivity contribution < 1.29 is 4.74 Å². The molecular weight excluding hydrogens is 292 g/mol. The molecule has 0 fully saturated rings. The monoisotopic (exact) mass is 312 g/mol. The number of hydrogen-bond donors (Lipinski definition) is 2. The fourth-order valence-electron chi connectivity index (χ4n) is 2.44. The predicted octanol–water partition coefficient (Wildman–Crippen LogP) is 2.12. The van der Waals surface area contributed by atoms with Gasteiger partial charge in [-0.05, 0) is 44.0 Å². The maximum absolute atomic E-state index is 12.2. The number of unbranched alkanes of at least 4 members (excludes halogenated alkanes) is 1. The molecule has 6 nitrogen and oxygen atoms in total. The number of hydrogen-bond acceptors (Lipinski definition) is 4. The Hall–Kier alpha value is -2.60. The van der Waals surface area contributed by atoms with Crippen LogP contribution in [0.1, 0.15) is 18.5 Å². The number of aryl methyl sites for hydroxylation is 1. The van der Waals surface area contributed by atoms with Gasteiger partial charge in [0.05, 0.1) is 12.2 Å². The maximum Gasteiger partial charge on any atom is 0.282 e. The van der Waals surface area contributed by atoms with Crippen molar-refractivity contribution in [3.05, 3.63) is 52.7 Å². The molecule has 0 amide bonds. The van der Waals surface area contributed by atoms with E-state index in [0.717, 1.165) is 29.8 Å². The molecule has 23 heavy (non-hydrogen) atoms. The SMILES string of the molecule is Cc1cn2cc(-c3ccc(OCCCCN)cc3)c(=O)nc2[nH]1. The molecule has 0 saturated heterocycles. The minimum absolute atomic E-state index is 0.247. The zero-order valence-electron chi connectivity index (χ0n) is 13.1. The fraction of sp³-hybridized carbons (Fsp3) is 0.294. The topological polar surface area (TPSA) is 85.4 Å². The molecule has 3 N–H and O–H groups in total. The molecule has 2 aromatic heterocycles. The molecule has 0 spiro atoms. The quantitative estimate of drug-likeness (QED) is 0.683. The third kappa shape index (κ3) is 3.43. The lowest BCUT2D eigenvalue weighted by atomic mass is 10.1. The van der Waals surface area contributed by atoms with Crippen molar-refractivity contribution in [2.75, 3.05) is 13.2 Å². The average molecular weight is 312 g/mol. The molecule has 0 aliphatic carbocycles. The summed E-state index contributed by atoms with van der Waals surface area (Å²) in [6.07, 6.45) is 5.59. The second-order valence-corrected chi connectivity index (χ2v) is 5.50. The number of fused-ring (bicyclic) bond motifs is 1. The summed E-state index contributed by atoms with van der Waals surface area (Å²) < 4.78 is 7.47. The third-order valence-electron chi connectivity index (χ3n) is 3.62. The van der Waals surface area contributed by atoms with Crippen LogP contribution in [0.2, 0.25) is 0 Å². The Morgan fingerprint density at radius 1 is 1.22 bits per heavy atom. The molecule has 0 atom stereocenters. The summed E-state index contributed by atoms with van der Waals surface area (Å²) in [6, 6.07) is 7.49. The molecule has 1 aromatic carbocycles. The number of nitrogens with two attached hydrogens (primary N) is 1. The lowest BCUT2D eigenvalue weighted by Gasteiger charge is -2.07. The number of aromatic nitrogens is 3. The minimum atomic E-state index is -0.247. The summed E-state index contributed by atoms with van der Waals surface area (Å²) in [5.74, 6) is 1.34. The second-order valence-electron chi connectivity index (χ2n) is 5.50. The molecule has 2 heterocycles. The fourth-order valence-corrected chi connectivity index (χ4v) is 2.44. The van der Waals surface area contributed by atoms with Crippen LogP contribution in [-0.4, -0.2) is 27.5 Å². The molecule has 0 radical (unpaired) electrons. The lowest BCUT2D eigenvalue weighted by molar-refractivity contribution is 0.308. The van der Waals surface area contributed by atoms with Gasteiger partial charge in [0.15, 0.2) is 0 Å². The van der Waals surface area contributed by atoms with E-state index in [1.54, 1.807) is 6.20 Å². The number of ether oxygens (including phenoxy) is 1. The van der Waals surface area contributed by atoms with Crippen molar-refractivity contribution in [2.24, 2.45) is 5.73 Å². The van der Waals surface area contributed by atoms with Crippen LogP contribution < -0.4 is 16.0 Å².